The van der Waals surface area contributed by atoms with Crippen LogP contribution in [0.4, 0.5) is 4.39 Å². The first-order valence-corrected chi connectivity index (χ1v) is 7.16. The van der Waals surface area contributed by atoms with Crippen molar-refractivity contribution in [2.24, 2.45) is 0 Å². The maximum atomic E-state index is 14.1. The summed E-state index contributed by atoms with van der Waals surface area (Å²) in [5.74, 6) is -0.264. The van der Waals surface area contributed by atoms with Crippen LogP contribution >= 0.6 is 11.6 Å². The molecule has 1 atom stereocenters. The number of nitrogens with one attached hydrogen (secondary N) is 1. The van der Waals surface area contributed by atoms with E-state index in [-0.39, 0.29) is 11.9 Å². The van der Waals surface area contributed by atoms with Gasteiger partial charge in [-0.05, 0) is 49.2 Å². The molecule has 2 aromatic rings. The third-order valence-electron chi connectivity index (χ3n) is 3.18. The van der Waals surface area contributed by atoms with Crippen LogP contribution in [0, 0.1) is 5.82 Å². The van der Waals surface area contributed by atoms with E-state index in [0.29, 0.717) is 17.0 Å². The molecular formula is C16H18ClFN2. The molecule has 1 N–H and O–H groups in total. The van der Waals surface area contributed by atoms with Crippen molar-refractivity contribution in [2.45, 2.75) is 25.8 Å². The molecule has 0 saturated carbocycles. The quantitative estimate of drug-likeness (QED) is 0.865. The molecule has 106 valence electrons. The first-order valence-electron chi connectivity index (χ1n) is 6.78. The molecule has 0 radical (unpaired) electrons. The molecule has 1 unspecified atom stereocenters. The van der Waals surface area contributed by atoms with Crippen LogP contribution in [-0.2, 0) is 6.42 Å². The maximum Gasteiger partial charge on any atom is 0.129 e. The Bertz CT molecular complexity index is 525. The number of aromatic nitrogens is 1. The molecular weight excluding hydrogens is 275 g/mol. The van der Waals surface area contributed by atoms with Crippen molar-refractivity contribution >= 4 is 11.6 Å². The third kappa shape index (κ3) is 3.78. The molecule has 4 heteroatoms. The molecule has 0 spiro atoms. The number of hydrogen-bond donors (Lipinski definition) is 1. The highest BCUT2D eigenvalue weighted by atomic mass is 35.5. The van der Waals surface area contributed by atoms with Crippen LogP contribution in [-0.4, -0.2) is 11.5 Å². The Morgan fingerprint density at radius 1 is 1.25 bits per heavy atom. The first kappa shape index (κ1) is 14.9. The monoisotopic (exact) mass is 292 g/mol. The standard InChI is InChI=1S/C16H18ClFN2/c1-2-8-20-15(11-12-6-9-19-10-7-12)16-13(17)4-3-5-14(16)18/h3-7,9-10,15,20H,2,8,11H2,1H3. The van der Waals surface area contributed by atoms with E-state index in [4.69, 9.17) is 11.6 Å². The summed E-state index contributed by atoms with van der Waals surface area (Å²) >= 11 is 6.18. The smallest absolute Gasteiger partial charge is 0.129 e. The van der Waals surface area contributed by atoms with Crippen molar-refractivity contribution in [3.8, 4) is 0 Å². The number of nitrogens with zero attached hydrogens (tertiary/aromatic N) is 1. The van der Waals surface area contributed by atoms with Gasteiger partial charge in [0.25, 0.3) is 0 Å². The molecule has 1 aromatic carbocycles. The van der Waals surface area contributed by atoms with Gasteiger partial charge in [-0.15, -0.1) is 0 Å². The second kappa shape index (κ2) is 7.36. The molecule has 1 heterocycles. The Kier molecular flexibility index (Phi) is 5.50. The summed E-state index contributed by atoms with van der Waals surface area (Å²) in [4.78, 5) is 4.00. The number of halogens is 2. The van der Waals surface area contributed by atoms with Crippen molar-refractivity contribution in [1.29, 1.82) is 0 Å². The number of benzene rings is 1. The molecule has 1 aromatic heterocycles. The van der Waals surface area contributed by atoms with Crippen molar-refractivity contribution in [2.75, 3.05) is 6.54 Å². The van der Waals surface area contributed by atoms with Gasteiger partial charge in [0.1, 0.15) is 5.82 Å². The van der Waals surface area contributed by atoms with E-state index in [9.17, 15) is 4.39 Å². The molecule has 0 amide bonds. The average molecular weight is 293 g/mol. The minimum atomic E-state index is -0.264. The Morgan fingerprint density at radius 2 is 2.00 bits per heavy atom. The van der Waals surface area contributed by atoms with Crippen molar-refractivity contribution < 1.29 is 4.39 Å². The average Bonchev–Trinajstić information content (AvgIpc) is 2.45. The Morgan fingerprint density at radius 3 is 2.65 bits per heavy atom. The van der Waals surface area contributed by atoms with Crippen molar-refractivity contribution in [3.63, 3.8) is 0 Å². The zero-order valence-corrected chi connectivity index (χ0v) is 12.2. The summed E-state index contributed by atoms with van der Waals surface area (Å²) in [6.07, 6.45) is 5.16. The zero-order valence-electron chi connectivity index (χ0n) is 11.4. The summed E-state index contributed by atoms with van der Waals surface area (Å²) in [5.41, 5.74) is 1.65. The molecule has 0 aliphatic carbocycles. The predicted octanol–water partition coefficient (Wildman–Crippen LogP) is 4.16. The lowest BCUT2D eigenvalue weighted by atomic mass is 9.98. The Balaban J connectivity index is 2.27. The van der Waals surface area contributed by atoms with Crippen LogP contribution in [0.25, 0.3) is 0 Å². The fraction of sp³-hybridized carbons (Fsp3) is 0.312. The van der Waals surface area contributed by atoms with Gasteiger partial charge < -0.3 is 5.32 Å². The van der Waals surface area contributed by atoms with E-state index >= 15 is 0 Å². The fourth-order valence-corrected chi connectivity index (χ4v) is 2.49. The van der Waals surface area contributed by atoms with E-state index in [0.717, 1.165) is 18.5 Å². The van der Waals surface area contributed by atoms with Gasteiger partial charge >= 0.3 is 0 Å². The summed E-state index contributed by atoms with van der Waals surface area (Å²) in [6, 6.07) is 8.56. The van der Waals surface area contributed by atoms with E-state index in [2.05, 4.69) is 17.2 Å². The highest BCUT2D eigenvalue weighted by Gasteiger charge is 2.18. The van der Waals surface area contributed by atoms with E-state index < -0.39 is 0 Å². The van der Waals surface area contributed by atoms with Crippen molar-refractivity contribution in [1.82, 2.24) is 10.3 Å². The van der Waals surface area contributed by atoms with Crippen LogP contribution in [0.1, 0.15) is 30.5 Å². The second-order valence-corrected chi connectivity index (χ2v) is 5.11. The van der Waals surface area contributed by atoms with Crippen LogP contribution in [0.2, 0.25) is 5.02 Å². The number of hydrogen-bond acceptors (Lipinski definition) is 2. The fourth-order valence-electron chi connectivity index (χ4n) is 2.19. The molecule has 20 heavy (non-hydrogen) atoms. The van der Waals surface area contributed by atoms with E-state index in [1.165, 1.54) is 6.07 Å². The normalized spacial score (nSPS) is 12.3. The summed E-state index contributed by atoms with van der Waals surface area (Å²) in [7, 11) is 0. The van der Waals surface area contributed by atoms with Gasteiger partial charge in [0.2, 0.25) is 0 Å². The van der Waals surface area contributed by atoms with Gasteiger partial charge in [-0.25, -0.2) is 4.39 Å². The highest BCUT2D eigenvalue weighted by molar-refractivity contribution is 6.31. The number of rotatable bonds is 6. The lowest BCUT2D eigenvalue weighted by Crippen LogP contribution is -2.25. The molecule has 2 rings (SSSR count). The van der Waals surface area contributed by atoms with Gasteiger partial charge in [0.15, 0.2) is 0 Å². The van der Waals surface area contributed by atoms with Crippen LogP contribution in [0.3, 0.4) is 0 Å². The molecule has 0 saturated heterocycles. The zero-order chi connectivity index (χ0) is 14.4. The van der Waals surface area contributed by atoms with Crippen LogP contribution in [0.5, 0.6) is 0 Å². The number of pyridine rings is 1. The highest BCUT2D eigenvalue weighted by Crippen LogP contribution is 2.28. The molecule has 2 nitrogen and oxygen atoms in total. The van der Waals surface area contributed by atoms with Crippen molar-refractivity contribution in [3.05, 3.63) is 64.7 Å². The Labute approximate surface area is 124 Å². The van der Waals surface area contributed by atoms with Gasteiger partial charge in [-0.1, -0.05) is 24.6 Å². The van der Waals surface area contributed by atoms with E-state index in [1.807, 2.05) is 12.1 Å². The minimum Gasteiger partial charge on any atom is -0.310 e. The summed E-state index contributed by atoms with van der Waals surface area (Å²) in [5, 5.41) is 3.84. The lowest BCUT2D eigenvalue weighted by Gasteiger charge is -2.21. The third-order valence-corrected chi connectivity index (χ3v) is 3.51. The molecule has 0 aliphatic heterocycles. The first-order chi connectivity index (χ1) is 9.72. The second-order valence-electron chi connectivity index (χ2n) is 4.70. The van der Waals surface area contributed by atoms with Crippen LogP contribution < -0.4 is 5.32 Å². The predicted molar refractivity (Wildman–Crippen MR) is 80.4 cm³/mol. The molecule has 0 fully saturated rings. The van der Waals surface area contributed by atoms with Crippen LogP contribution in [0.15, 0.2) is 42.7 Å². The topological polar surface area (TPSA) is 24.9 Å². The summed E-state index contributed by atoms with van der Waals surface area (Å²) in [6.45, 7) is 2.90. The van der Waals surface area contributed by atoms with Gasteiger partial charge in [0, 0.05) is 29.0 Å². The maximum absolute atomic E-state index is 14.1. The minimum absolute atomic E-state index is 0.133. The van der Waals surface area contributed by atoms with Gasteiger partial charge in [-0.3, -0.25) is 4.98 Å². The molecule has 0 bridgehead atoms. The summed E-state index contributed by atoms with van der Waals surface area (Å²) < 4.78 is 14.1. The van der Waals surface area contributed by atoms with Gasteiger partial charge in [-0.2, -0.15) is 0 Å². The van der Waals surface area contributed by atoms with E-state index in [1.54, 1.807) is 24.5 Å². The lowest BCUT2D eigenvalue weighted by molar-refractivity contribution is 0.497. The Hall–Kier alpha value is -1.45. The SMILES string of the molecule is CCCNC(Cc1ccncc1)c1c(F)cccc1Cl. The van der Waals surface area contributed by atoms with Gasteiger partial charge in [0.05, 0.1) is 0 Å². The largest absolute Gasteiger partial charge is 0.310 e. The molecule has 0 aliphatic rings.